The van der Waals surface area contributed by atoms with E-state index in [0.29, 0.717) is 24.9 Å². The standard InChI is InChI=1S/C19H32N2O2/c1-13(2)9-18(19(23)21-7-5-17(22)6-8-21)20-12-16-11-14-3-4-15(16)10-14/h3-4,13-18,20,22H,5-12H2,1-2H3/t14-,15-,16+,18-/m0/s1. The van der Waals surface area contributed by atoms with Gasteiger partial charge in [-0.25, -0.2) is 0 Å². The summed E-state index contributed by atoms with van der Waals surface area (Å²) in [5.41, 5.74) is 0. The molecule has 130 valence electrons. The third kappa shape index (κ3) is 4.16. The van der Waals surface area contributed by atoms with E-state index in [1.165, 1.54) is 12.8 Å². The number of rotatable bonds is 6. The number of nitrogens with zero attached hydrogens (tertiary/aromatic N) is 1. The average Bonchev–Trinajstić information content (AvgIpc) is 3.14. The first-order chi connectivity index (χ1) is 11.0. The monoisotopic (exact) mass is 320 g/mol. The first-order valence-electron chi connectivity index (χ1n) is 9.41. The quantitative estimate of drug-likeness (QED) is 0.738. The van der Waals surface area contributed by atoms with Gasteiger partial charge in [0.25, 0.3) is 0 Å². The van der Waals surface area contributed by atoms with Crippen molar-refractivity contribution in [3.05, 3.63) is 12.2 Å². The van der Waals surface area contributed by atoms with E-state index in [0.717, 1.165) is 37.6 Å². The Hall–Kier alpha value is -0.870. The number of carbonyl (C=O) groups is 1. The third-order valence-electron chi connectivity index (χ3n) is 5.82. The minimum atomic E-state index is -0.226. The predicted molar refractivity (Wildman–Crippen MR) is 91.9 cm³/mol. The first kappa shape index (κ1) is 17.0. The summed E-state index contributed by atoms with van der Waals surface area (Å²) in [5, 5.41) is 13.2. The summed E-state index contributed by atoms with van der Waals surface area (Å²) in [7, 11) is 0. The molecule has 4 heteroatoms. The van der Waals surface area contributed by atoms with Crippen molar-refractivity contribution in [1.29, 1.82) is 0 Å². The van der Waals surface area contributed by atoms with Crippen molar-refractivity contribution in [1.82, 2.24) is 10.2 Å². The molecule has 1 saturated heterocycles. The van der Waals surface area contributed by atoms with Crippen LogP contribution < -0.4 is 5.32 Å². The molecule has 1 saturated carbocycles. The Morgan fingerprint density at radius 3 is 2.57 bits per heavy atom. The van der Waals surface area contributed by atoms with Crippen LogP contribution in [0.1, 0.15) is 46.0 Å². The molecule has 0 unspecified atom stereocenters. The van der Waals surface area contributed by atoms with Crippen molar-refractivity contribution in [2.75, 3.05) is 19.6 Å². The molecule has 2 aliphatic carbocycles. The highest BCUT2D eigenvalue weighted by molar-refractivity contribution is 5.82. The average molecular weight is 320 g/mol. The fourth-order valence-corrected chi connectivity index (χ4v) is 4.47. The van der Waals surface area contributed by atoms with Gasteiger partial charge in [-0.05, 0) is 62.3 Å². The van der Waals surface area contributed by atoms with Crippen LogP contribution in [0.3, 0.4) is 0 Å². The van der Waals surface area contributed by atoms with Crippen LogP contribution in [0.5, 0.6) is 0 Å². The Balaban J connectivity index is 1.54. The lowest BCUT2D eigenvalue weighted by atomic mass is 9.92. The van der Waals surface area contributed by atoms with E-state index in [9.17, 15) is 9.90 Å². The van der Waals surface area contributed by atoms with Gasteiger partial charge < -0.3 is 15.3 Å². The number of amides is 1. The van der Waals surface area contributed by atoms with Crippen molar-refractivity contribution in [3.8, 4) is 0 Å². The normalized spacial score (nSPS) is 32.0. The zero-order valence-electron chi connectivity index (χ0n) is 14.6. The van der Waals surface area contributed by atoms with Gasteiger partial charge in [0.1, 0.15) is 0 Å². The molecule has 4 nitrogen and oxygen atoms in total. The number of fused-ring (bicyclic) bond motifs is 2. The molecule has 2 bridgehead atoms. The topological polar surface area (TPSA) is 52.6 Å². The molecule has 0 aromatic rings. The molecule has 1 heterocycles. The zero-order chi connectivity index (χ0) is 16.4. The van der Waals surface area contributed by atoms with E-state index >= 15 is 0 Å². The summed E-state index contributed by atoms with van der Waals surface area (Å²) < 4.78 is 0. The second-order valence-electron chi connectivity index (χ2n) is 8.19. The highest BCUT2D eigenvalue weighted by Crippen LogP contribution is 2.43. The Bertz CT molecular complexity index is 441. The molecular formula is C19H32N2O2. The van der Waals surface area contributed by atoms with Crippen molar-refractivity contribution < 1.29 is 9.90 Å². The molecule has 0 aromatic carbocycles. The second kappa shape index (κ2) is 7.35. The van der Waals surface area contributed by atoms with Gasteiger partial charge >= 0.3 is 0 Å². The summed E-state index contributed by atoms with van der Waals surface area (Å²) in [5.74, 6) is 2.97. The number of allylic oxidation sites excluding steroid dienone is 2. The van der Waals surface area contributed by atoms with Crippen LogP contribution in [0.2, 0.25) is 0 Å². The van der Waals surface area contributed by atoms with Gasteiger partial charge in [0, 0.05) is 13.1 Å². The van der Waals surface area contributed by atoms with Gasteiger partial charge in [-0.15, -0.1) is 0 Å². The number of carbonyl (C=O) groups excluding carboxylic acids is 1. The highest BCUT2D eigenvalue weighted by atomic mass is 16.3. The Morgan fingerprint density at radius 1 is 1.26 bits per heavy atom. The fourth-order valence-electron chi connectivity index (χ4n) is 4.47. The maximum atomic E-state index is 12.9. The van der Waals surface area contributed by atoms with Crippen LogP contribution in [0.15, 0.2) is 12.2 Å². The Kier molecular flexibility index (Phi) is 5.42. The van der Waals surface area contributed by atoms with Crippen LogP contribution in [-0.2, 0) is 4.79 Å². The molecular weight excluding hydrogens is 288 g/mol. The van der Waals surface area contributed by atoms with Crippen molar-refractivity contribution in [2.24, 2.45) is 23.7 Å². The summed E-state index contributed by atoms with van der Waals surface area (Å²) in [6.07, 6.45) is 9.47. The maximum absolute atomic E-state index is 12.9. The van der Waals surface area contributed by atoms with E-state index < -0.39 is 0 Å². The SMILES string of the molecule is CC(C)C[C@H](NC[C@H]1C[C@H]2C=C[C@H]1C2)C(=O)N1CCC(O)CC1. The third-order valence-corrected chi connectivity index (χ3v) is 5.82. The summed E-state index contributed by atoms with van der Waals surface area (Å²) >= 11 is 0. The minimum Gasteiger partial charge on any atom is -0.393 e. The number of hydrogen-bond donors (Lipinski definition) is 2. The molecule has 2 fully saturated rings. The van der Waals surface area contributed by atoms with E-state index in [4.69, 9.17) is 0 Å². The second-order valence-corrected chi connectivity index (χ2v) is 8.19. The zero-order valence-corrected chi connectivity index (χ0v) is 14.6. The van der Waals surface area contributed by atoms with Crippen LogP contribution in [0.25, 0.3) is 0 Å². The summed E-state index contributed by atoms with van der Waals surface area (Å²) in [6, 6.07) is -0.0617. The first-order valence-corrected chi connectivity index (χ1v) is 9.41. The molecule has 2 N–H and O–H groups in total. The van der Waals surface area contributed by atoms with Gasteiger partial charge in [0.2, 0.25) is 5.91 Å². The van der Waals surface area contributed by atoms with Crippen molar-refractivity contribution in [2.45, 2.75) is 58.1 Å². The molecule has 0 spiro atoms. The van der Waals surface area contributed by atoms with Crippen LogP contribution in [0, 0.1) is 23.7 Å². The van der Waals surface area contributed by atoms with Crippen molar-refractivity contribution in [3.63, 3.8) is 0 Å². The van der Waals surface area contributed by atoms with Gasteiger partial charge in [0.15, 0.2) is 0 Å². The maximum Gasteiger partial charge on any atom is 0.239 e. The lowest BCUT2D eigenvalue weighted by Gasteiger charge is -2.34. The number of aliphatic hydroxyl groups excluding tert-OH is 1. The van der Waals surface area contributed by atoms with Crippen molar-refractivity contribution >= 4 is 5.91 Å². The van der Waals surface area contributed by atoms with E-state index in [1.807, 2.05) is 4.90 Å². The number of piperidine rings is 1. The number of nitrogens with one attached hydrogen (secondary N) is 1. The molecule has 3 rings (SSSR count). The smallest absolute Gasteiger partial charge is 0.239 e. The molecule has 23 heavy (non-hydrogen) atoms. The van der Waals surface area contributed by atoms with Gasteiger partial charge in [-0.3, -0.25) is 4.79 Å². The molecule has 3 aliphatic rings. The van der Waals surface area contributed by atoms with E-state index in [-0.39, 0.29) is 18.1 Å². The molecule has 1 aliphatic heterocycles. The van der Waals surface area contributed by atoms with Crippen LogP contribution in [0.4, 0.5) is 0 Å². The van der Waals surface area contributed by atoms with E-state index in [1.54, 1.807) is 0 Å². The summed E-state index contributed by atoms with van der Waals surface area (Å²) in [4.78, 5) is 14.8. The lowest BCUT2D eigenvalue weighted by Crippen LogP contribution is -2.51. The Labute approximate surface area is 140 Å². The summed E-state index contributed by atoms with van der Waals surface area (Å²) in [6.45, 7) is 6.73. The highest BCUT2D eigenvalue weighted by Gasteiger charge is 2.36. The van der Waals surface area contributed by atoms with Gasteiger partial charge in [0.05, 0.1) is 12.1 Å². The molecule has 4 atom stereocenters. The fraction of sp³-hybridized carbons (Fsp3) is 0.842. The molecule has 1 amide bonds. The van der Waals surface area contributed by atoms with E-state index in [2.05, 4.69) is 31.3 Å². The lowest BCUT2D eigenvalue weighted by molar-refractivity contribution is -0.136. The molecule has 0 aromatic heterocycles. The minimum absolute atomic E-state index is 0.0617. The number of aliphatic hydroxyl groups is 1. The molecule has 0 radical (unpaired) electrons. The van der Waals surface area contributed by atoms with Gasteiger partial charge in [-0.1, -0.05) is 26.0 Å². The number of hydrogen-bond acceptors (Lipinski definition) is 3. The largest absolute Gasteiger partial charge is 0.393 e. The number of likely N-dealkylation sites (tertiary alicyclic amines) is 1. The van der Waals surface area contributed by atoms with Crippen LogP contribution >= 0.6 is 0 Å². The predicted octanol–water partition coefficient (Wildman–Crippen LogP) is 2.19. The van der Waals surface area contributed by atoms with Crippen LogP contribution in [-0.4, -0.2) is 47.7 Å². The van der Waals surface area contributed by atoms with Gasteiger partial charge in [-0.2, -0.15) is 0 Å². The Morgan fingerprint density at radius 2 is 2.00 bits per heavy atom.